The van der Waals surface area contributed by atoms with Crippen molar-refractivity contribution >= 4 is 33.5 Å². The van der Waals surface area contributed by atoms with E-state index in [9.17, 15) is 9.18 Å². The van der Waals surface area contributed by atoms with Crippen molar-refractivity contribution in [1.29, 1.82) is 0 Å². The lowest BCUT2D eigenvalue weighted by molar-refractivity contribution is -0.130. The minimum absolute atomic E-state index is 0.148. The van der Waals surface area contributed by atoms with Crippen LogP contribution in [-0.4, -0.2) is 51.3 Å². The molecule has 1 aliphatic heterocycles. The average Bonchev–Trinajstić information content (AvgIpc) is 3.25. The van der Waals surface area contributed by atoms with Crippen molar-refractivity contribution in [3.05, 3.63) is 72.3 Å². The number of nitrogens with zero attached hydrogens (tertiary/aromatic N) is 5. The minimum atomic E-state index is -0.279. The largest absolute Gasteiger partial charge is 0.352 e. The summed E-state index contributed by atoms with van der Waals surface area (Å²) in [6.45, 7) is 2.72. The molecule has 4 aromatic rings. The Balaban J connectivity index is 1.32. The van der Waals surface area contributed by atoms with E-state index in [0.29, 0.717) is 32.6 Å². The third-order valence-corrected chi connectivity index (χ3v) is 6.32. The molecule has 0 saturated carbocycles. The average molecular weight is 434 g/mol. The summed E-state index contributed by atoms with van der Waals surface area (Å²) < 4.78 is 18.8. The quantitative estimate of drug-likeness (QED) is 0.490. The second kappa shape index (κ2) is 8.39. The van der Waals surface area contributed by atoms with E-state index in [2.05, 4.69) is 19.2 Å². The van der Waals surface area contributed by atoms with Crippen LogP contribution in [0.25, 0.3) is 21.5 Å². The van der Waals surface area contributed by atoms with Gasteiger partial charge in [-0.15, -0.1) is 0 Å². The van der Waals surface area contributed by atoms with Gasteiger partial charge in [-0.05, 0) is 41.4 Å². The lowest BCUT2D eigenvalue weighted by atomic mass is 10.1. The van der Waals surface area contributed by atoms with Crippen LogP contribution < -0.4 is 4.90 Å². The van der Waals surface area contributed by atoms with Crippen LogP contribution in [0.2, 0.25) is 0 Å². The summed E-state index contributed by atoms with van der Waals surface area (Å²) in [4.78, 5) is 25.7. The van der Waals surface area contributed by atoms with Crippen molar-refractivity contribution in [1.82, 2.24) is 19.2 Å². The topological polar surface area (TPSA) is 62.2 Å². The van der Waals surface area contributed by atoms with Crippen LogP contribution in [0, 0.1) is 5.82 Å². The fraction of sp³-hybridized carbons (Fsp3) is 0.217. The summed E-state index contributed by atoms with van der Waals surface area (Å²) in [6.07, 6.45) is 1.97. The van der Waals surface area contributed by atoms with Crippen LogP contribution >= 0.6 is 11.5 Å². The van der Waals surface area contributed by atoms with Gasteiger partial charge in [0.2, 0.25) is 5.91 Å². The SMILES string of the molecule is O=C(Cc1ccccc1)N1CCN(c2ncnc3c(-c4ccc(F)cc4)nsc23)CC1. The fourth-order valence-corrected chi connectivity index (χ4v) is 4.70. The van der Waals surface area contributed by atoms with Crippen LogP contribution in [0.15, 0.2) is 60.9 Å². The van der Waals surface area contributed by atoms with E-state index in [1.54, 1.807) is 18.5 Å². The van der Waals surface area contributed by atoms with Gasteiger partial charge in [-0.1, -0.05) is 30.3 Å². The summed E-state index contributed by atoms with van der Waals surface area (Å²) in [5, 5.41) is 0. The number of halogens is 1. The van der Waals surface area contributed by atoms with Crippen molar-refractivity contribution in [3.8, 4) is 11.3 Å². The molecule has 6 nitrogen and oxygen atoms in total. The highest BCUT2D eigenvalue weighted by Gasteiger charge is 2.24. The lowest BCUT2D eigenvalue weighted by Crippen LogP contribution is -2.49. The van der Waals surface area contributed by atoms with Crippen molar-refractivity contribution in [2.45, 2.75) is 6.42 Å². The van der Waals surface area contributed by atoms with Crippen LogP contribution in [-0.2, 0) is 11.2 Å². The van der Waals surface area contributed by atoms with E-state index in [0.717, 1.165) is 32.9 Å². The first-order valence-electron chi connectivity index (χ1n) is 10.1. The zero-order valence-electron chi connectivity index (χ0n) is 16.7. The van der Waals surface area contributed by atoms with E-state index >= 15 is 0 Å². The maximum absolute atomic E-state index is 13.3. The Labute approximate surface area is 183 Å². The van der Waals surface area contributed by atoms with Gasteiger partial charge < -0.3 is 9.80 Å². The number of anilines is 1. The van der Waals surface area contributed by atoms with Gasteiger partial charge in [-0.3, -0.25) is 4.79 Å². The van der Waals surface area contributed by atoms with Crippen LogP contribution in [0.5, 0.6) is 0 Å². The molecule has 156 valence electrons. The van der Waals surface area contributed by atoms with Gasteiger partial charge >= 0.3 is 0 Å². The molecule has 0 atom stereocenters. The number of carbonyl (C=O) groups excluding carboxylic acids is 1. The first kappa shape index (κ1) is 19.6. The molecule has 0 unspecified atom stereocenters. The molecule has 1 amide bonds. The molecule has 5 rings (SSSR count). The maximum Gasteiger partial charge on any atom is 0.227 e. The van der Waals surface area contributed by atoms with Gasteiger partial charge in [0.15, 0.2) is 5.82 Å². The highest BCUT2D eigenvalue weighted by atomic mass is 32.1. The van der Waals surface area contributed by atoms with Crippen LogP contribution in [0.1, 0.15) is 5.56 Å². The highest BCUT2D eigenvalue weighted by molar-refractivity contribution is 7.14. The first-order valence-corrected chi connectivity index (χ1v) is 10.9. The standard InChI is InChI=1S/C23H20FN5OS/c24-18-8-6-17(7-9-18)20-21-22(31-27-20)23(26-15-25-21)29-12-10-28(11-13-29)19(30)14-16-4-2-1-3-5-16/h1-9,15H,10-14H2. The van der Waals surface area contributed by atoms with Gasteiger partial charge in [-0.2, -0.15) is 4.37 Å². The molecule has 2 aromatic heterocycles. The molecule has 0 radical (unpaired) electrons. The lowest BCUT2D eigenvalue weighted by Gasteiger charge is -2.35. The number of fused-ring (bicyclic) bond motifs is 1. The normalized spacial score (nSPS) is 14.2. The van der Waals surface area contributed by atoms with Crippen molar-refractivity contribution < 1.29 is 9.18 Å². The molecule has 0 spiro atoms. The molecule has 3 heterocycles. The number of carbonyl (C=O) groups is 1. The number of piperazine rings is 1. The molecule has 0 N–H and O–H groups in total. The second-order valence-electron chi connectivity index (χ2n) is 7.44. The van der Waals surface area contributed by atoms with Crippen LogP contribution in [0.3, 0.4) is 0 Å². The van der Waals surface area contributed by atoms with Crippen LogP contribution in [0.4, 0.5) is 10.2 Å². The predicted octanol–water partition coefficient (Wildman–Crippen LogP) is 3.78. The Morgan fingerprint density at radius 3 is 2.45 bits per heavy atom. The summed E-state index contributed by atoms with van der Waals surface area (Å²) in [6, 6.07) is 16.1. The molecule has 31 heavy (non-hydrogen) atoms. The second-order valence-corrected chi connectivity index (χ2v) is 8.22. The van der Waals surface area contributed by atoms with Crippen molar-refractivity contribution in [2.24, 2.45) is 0 Å². The zero-order chi connectivity index (χ0) is 21.2. The fourth-order valence-electron chi connectivity index (χ4n) is 3.82. The Hall–Kier alpha value is -3.39. The molecule has 0 aliphatic carbocycles. The van der Waals surface area contributed by atoms with Gasteiger partial charge in [0.1, 0.15) is 28.1 Å². The van der Waals surface area contributed by atoms with E-state index in [4.69, 9.17) is 0 Å². The predicted molar refractivity (Wildman–Crippen MR) is 120 cm³/mol. The number of benzene rings is 2. The molecular weight excluding hydrogens is 413 g/mol. The number of amides is 1. The van der Waals surface area contributed by atoms with Crippen molar-refractivity contribution in [3.63, 3.8) is 0 Å². The summed E-state index contributed by atoms with van der Waals surface area (Å²) in [5.41, 5.74) is 3.36. The molecule has 1 saturated heterocycles. The third-order valence-electron chi connectivity index (χ3n) is 5.49. The molecule has 1 aliphatic rings. The molecule has 8 heteroatoms. The Morgan fingerprint density at radius 1 is 0.968 bits per heavy atom. The van der Waals surface area contributed by atoms with E-state index in [1.165, 1.54) is 23.7 Å². The molecule has 2 aromatic carbocycles. The number of hydrogen-bond acceptors (Lipinski definition) is 6. The molecule has 1 fully saturated rings. The van der Waals surface area contributed by atoms with E-state index in [-0.39, 0.29) is 11.7 Å². The van der Waals surface area contributed by atoms with E-state index < -0.39 is 0 Å². The van der Waals surface area contributed by atoms with Gasteiger partial charge in [0.05, 0.1) is 6.42 Å². The maximum atomic E-state index is 13.3. The minimum Gasteiger partial charge on any atom is -0.352 e. The zero-order valence-corrected chi connectivity index (χ0v) is 17.6. The Morgan fingerprint density at radius 2 is 1.71 bits per heavy atom. The van der Waals surface area contributed by atoms with E-state index in [1.807, 2.05) is 35.2 Å². The monoisotopic (exact) mass is 433 g/mol. The smallest absolute Gasteiger partial charge is 0.227 e. The number of hydrogen-bond donors (Lipinski definition) is 0. The summed E-state index contributed by atoms with van der Waals surface area (Å²) in [5.74, 6) is 0.708. The Bertz CT molecular complexity index is 1200. The number of aromatic nitrogens is 3. The van der Waals surface area contributed by atoms with Gasteiger partial charge in [0.25, 0.3) is 0 Å². The molecular formula is C23H20FN5OS. The van der Waals surface area contributed by atoms with Gasteiger partial charge in [-0.25, -0.2) is 14.4 Å². The summed E-state index contributed by atoms with van der Waals surface area (Å²) in [7, 11) is 0. The first-order chi connectivity index (χ1) is 15.2. The van der Waals surface area contributed by atoms with Gasteiger partial charge in [0, 0.05) is 31.7 Å². The summed E-state index contributed by atoms with van der Waals surface area (Å²) >= 11 is 1.35. The van der Waals surface area contributed by atoms with Crippen molar-refractivity contribution in [2.75, 3.05) is 31.1 Å². The highest BCUT2D eigenvalue weighted by Crippen LogP contribution is 2.34. The Kier molecular flexibility index (Phi) is 5.30. The number of rotatable bonds is 4. The third kappa shape index (κ3) is 3.98. The molecule has 0 bridgehead atoms.